The Hall–Kier alpha value is -2.89. The highest BCUT2D eigenvalue weighted by molar-refractivity contribution is 7.18. The first kappa shape index (κ1) is 19.9. The monoisotopic (exact) mass is 421 g/mol. The molecule has 0 fully saturated rings. The van der Waals surface area contributed by atoms with Gasteiger partial charge in [-0.25, -0.2) is 4.98 Å². The topological polar surface area (TPSA) is 74.8 Å². The molecule has 0 unspecified atom stereocenters. The molecule has 3 aromatic rings. The quantitative estimate of drug-likeness (QED) is 0.629. The molecule has 1 aromatic carbocycles. The van der Waals surface area contributed by atoms with E-state index >= 15 is 0 Å². The maximum atomic E-state index is 12.9. The van der Waals surface area contributed by atoms with Gasteiger partial charge in [0.25, 0.3) is 11.5 Å². The maximum absolute atomic E-state index is 12.9. The van der Waals surface area contributed by atoms with Crippen LogP contribution in [0.3, 0.4) is 0 Å². The number of alkyl halides is 6. The van der Waals surface area contributed by atoms with Gasteiger partial charge in [0.05, 0.1) is 29.4 Å². The maximum Gasteiger partial charge on any atom is 0.416 e. The van der Waals surface area contributed by atoms with Crippen molar-refractivity contribution in [2.75, 3.05) is 0 Å². The molecule has 148 valence electrons. The van der Waals surface area contributed by atoms with Gasteiger partial charge in [0.15, 0.2) is 0 Å². The minimum Gasteiger partial charge on any atom is -0.347 e. The predicted octanol–water partition coefficient (Wildman–Crippen LogP) is 3.95. The van der Waals surface area contributed by atoms with Crippen LogP contribution in [0, 0.1) is 0 Å². The average Bonchev–Trinajstić information content (AvgIpc) is 3.02. The zero-order valence-corrected chi connectivity index (χ0v) is 14.4. The Morgan fingerprint density at radius 1 is 1.04 bits per heavy atom. The number of thiophene rings is 1. The molecule has 0 aliphatic carbocycles. The van der Waals surface area contributed by atoms with Crippen molar-refractivity contribution in [3.05, 3.63) is 62.5 Å². The van der Waals surface area contributed by atoms with E-state index < -0.39 is 40.5 Å². The van der Waals surface area contributed by atoms with Crippen molar-refractivity contribution in [3.8, 4) is 0 Å². The summed E-state index contributed by atoms with van der Waals surface area (Å²) in [5, 5.41) is 2.51. The van der Waals surface area contributed by atoms with E-state index in [2.05, 4.69) is 15.3 Å². The number of carbonyl (C=O) groups excluding carboxylic acids is 1. The number of aromatic amines is 1. The van der Waals surface area contributed by atoms with Crippen molar-refractivity contribution < 1.29 is 31.1 Å². The highest BCUT2D eigenvalue weighted by Crippen LogP contribution is 2.36. The Morgan fingerprint density at radius 3 is 2.18 bits per heavy atom. The third-order valence-corrected chi connectivity index (χ3v) is 4.70. The average molecular weight is 421 g/mol. The van der Waals surface area contributed by atoms with E-state index in [1.807, 2.05) is 0 Å². The second kappa shape index (κ2) is 6.93. The minimum atomic E-state index is -5.05. The lowest BCUT2D eigenvalue weighted by molar-refractivity contribution is -0.143. The number of fused-ring (bicyclic) bond motifs is 1. The molecular weight excluding hydrogens is 412 g/mol. The van der Waals surface area contributed by atoms with Crippen molar-refractivity contribution in [2.45, 2.75) is 18.9 Å². The van der Waals surface area contributed by atoms with Crippen LogP contribution >= 0.6 is 11.3 Å². The second-order valence-electron chi connectivity index (χ2n) is 5.64. The number of rotatable bonds is 3. The van der Waals surface area contributed by atoms with Gasteiger partial charge in [-0.1, -0.05) is 0 Å². The van der Waals surface area contributed by atoms with E-state index in [1.54, 1.807) is 0 Å². The standard InChI is InChI=1S/C16H9F6N3O2S/c17-15(18,19)8-1-7(2-9(3-8)16(20,21)22)12(26)23-5-10-4-11-13(27)24-6-25-14(11)28-10/h1-4,6H,5H2,(H,23,26)(H,24,25,27). The fourth-order valence-electron chi connectivity index (χ4n) is 2.36. The number of nitrogens with zero attached hydrogens (tertiary/aromatic N) is 1. The van der Waals surface area contributed by atoms with Gasteiger partial charge in [0.1, 0.15) is 4.83 Å². The smallest absolute Gasteiger partial charge is 0.347 e. The fraction of sp³-hybridized carbons (Fsp3) is 0.188. The summed E-state index contributed by atoms with van der Waals surface area (Å²) in [4.78, 5) is 30.9. The van der Waals surface area contributed by atoms with Gasteiger partial charge in [-0.15, -0.1) is 11.3 Å². The molecule has 0 spiro atoms. The number of H-pyrrole nitrogens is 1. The van der Waals surface area contributed by atoms with Crippen molar-refractivity contribution in [2.24, 2.45) is 0 Å². The summed E-state index contributed by atoms with van der Waals surface area (Å²) in [6.07, 6.45) is -8.91. The lowest BCUT2D eigenvalue weighted by Crippen LogP contribution is -2.24. The Bertz CT molecular complexity index is 1070. The van der Waals surface area contributed by atoms with E-state index in [4.69, 9.17) is 0 Å². The number of aromatic nitrogens is 2. The van der Waals surface area contributed by atoms with E-state index in [0.29, 0.717) is 21.8 Å². The van der Waals surface area contributed by atoms with Crippen LogP contribution in [0.1, 0.15) is 26.4 Å². The van der Waals surface area contributed by atoms with Gasteiger partial charge in [0, 0.05) is 10.4 Å². The molecule has 0 bridgehead atoms. The summed E-state index contributed by atoms with van der Waals surface area (Å²) in [6, 6.07) is 2.07. The molecule has 0 atom stereocenters. The van der Waals surface area contributed by atoms with Gasteiger partial charge in [-0.3, -0.25) is 9.59 Å². The van der Waals surface area contributed by atoms with Crippen LogP contribution in [0.2, 0.25) is 0 Å². The van der Waals surface area contributed by atoms with Crippen LogP contribution in [-0.2, 0) is 18.9 Å². The van der Waals surface area contributed by atoms with Crippen molar-refractivity contribution in [3.63, 3.8) is 0 Å². The fourth-order valence-corrected chi connectivity index (χ4v) is 3.30. The number of carbonyl (C=O) groups is 1. The molecule has 3 rings (SSSR count). The van der Waals surface area contributed by atoms with E-state index in [-0.39, 0.29) is 18.0 Å². The van der Waals surface area contributed by atoms with Gasteiger partial charge < -0.3 is 10.3 Å². The summed E-state index contributed by atoms with van der Waals surface area (Å²) >= 11 is 1.06. The summed E-state index contributed by atoms with van der Waals surface area (Å²) in [7, 11) is 0. The van der Waals surface area contributed by atoms with Crippen LogP contribution < -0.4 is 10.9 Å². The van der Waals surface area contributed by atoms with Crippen molar-refractivity contribution in [1.29, 1.82) is 0 Å². The van der Waals surface area contributed by atoms with Crippen LogP contribution in [0.15, 0.2) is 35.4 Å². The molecule has 1 amide bonds. The largest absolute Gasteiger partial charge is 0.416 e. The lowest BCUT2D eigenvalue weighted by Gasteiger charge is -2.14. The third kappa shape index (κ3) is 4.16. The summed E-state index contributed by atoms with van der Waals surface area (Å²) in [5.74, 6) is -1.11. The third-order valence-electron chi connectivity index (χ3n) is 3.66. The summed E-state index contributed by atoms with van der Waals surface area (Å²) in [6.45, 7) is -0.198. The predicted molar refractivity (Wildman–Crippen MR) is 87.9 cm³/mol. The first-order valence-electron chi connectivity index (χ1n) is 7.49. The Kier molecular flexibility index (Phi) is 4.91. The molecule has 0 radical (unpaired) electrons. The number of benzene rings is 1. The molecule has 28 heavy (non-hydrogen) atoms. The van der Waals surface area contributed by atoms with Crippen molar-refractivity contribution in [1.82, 2.24) is 15.3 Å². The van der Waals surface area contributed by atoms with E-state index in [9.17, 15) is 35.9 Å². The van der Waals surface area contributed by atoms with Gasteiger partial charge in [-0.2, -0.15) is 26.3 Å². The van der Waals surface area contributed by atoms with Crippen LogP contribution in [0.5, 0.6) is 0 Å². The number of amides is 1. The number of hydrogen-bond acceptors (Lipinski definition) is 4. The molecule has 0 aliphatic heterocycles. The molecule has 2 aromatic heterocycles. The molecule has 5 nitrogen and oxygen atoms in total. The molecule has 0 saturated carbocycles. The highest BCUT2D eigenvalue weighted by Gasteiger charge is 2.37. The molecular formula is C16H9F6N3O2S. The van der Waals surface area contributed by atoms with E-state index in [0.717, 1.165) is 11.3 Å². The normalized spacial score (nSPS) is 12.4. The minimum absolute atomic E-state index is 0.0548. The zero-order valence-electron chi connectivity index (χ0n) is 13.5. The first-order valence-corrected chi connectivity index (χ1v) is 8.30. The summed E-state index contributed by atoms with van der Waals surface area (Å²) in [5.41, 5.74) is -4.35. The van der Waals surface area contributed by atoms with E-state index in [1.165, 1.54) is 12.4 Å². The van der Waals surface area contributed by atoms with Crippen molar-refractivity contribution >= 4 is 27.5 Å². The van der Waals surface area contributed by atoms with Crippen LogP contribution in [0.4, 0.5) is 26.3 Å². The zero-order chi connectivity index (χ0) is 20.7. The van der Waals surface area contributed by atoms with Gasteiger partial charge in [-0.05, 0) is 24.3 Å². The number of nitrogens with one attached hydrogen (secondary N) is 2. The Balaban J connectivity index is 1.86. The molecule has 12 heteroatoms. The Morgan fingerprint density at radius 2 is 1.64 bits per heavy atom. The van der Waals surface area contributed by atoms with Crippen LogP contribution in [0.25, 0.3) is 10.2 Å². The number of hydrogen-bond donors (Lipinski definition) is 2. The molecule has 0 aliphatic rings. The lowest BCUT2D eigenvalue weighted by atomic mass is 10.0. The molecule has 2 N–H and O–H groups in total. The second-order valence-corrected chi connectivity index (χ2v) is 6.76. The highest BCUT2D eigenvalue weighted by atomic mass is 32.1. The number of halogens is 6. The van der Waals surface area contributed by atoms with Gasteiger partial charge in [0.2, 0.25) is 0 Å². The van der Waals surface area contributed by atoms with Crippen LogP contribution in [-0.4, -0.2) is 15.9 Å². The molecule has 2 heterocycles. The van der Waals surface area contributed by atoms with Gasteiger partial charge >= 0.3 is 12.4 Å². The molecule has 0 saturated heterocycles. The SMILES string of the molecule is O=C(NCc1cc2c(=O)[nH]cnc2s1)c1cc(C(F)(F)F)cc(C(F)(F)F)c1. The Labute approximate surface area is 156 Å². The summed E-state index contributed by atoms with van der Waals surface area (Å²) < 4.78 is 77.2. The first-order chi connectivity index (χ1) is 12.9.